The lowest BCUT2D eigenvalue weighted by molar-refractivity contribution is -0.140. The monoisotopic (exact) mass is 647 g/mol. The fourth-order valence-corrected chi connectivity index (χ4v) is 6.60. The highest BCUT2D eigenvalue weighted by atomic mass is 35.5. The summed E-state index contributed by atoms with van der Waals surface area (Å²) in [5.41, 5.74) is 1.11. The van der Waals surface area contributed by atoms with Crippen molar-refractivity contribution in [2.75, 3.05) is 18.0 Å². The smallest absolute Gasteiger partial charge is 0.264 e. The maximum atomic E-state index is 14.5. The van der Waals surface area contributed by atoms with E-state index in [1.165, 1.54) is 17.0 Å². The molecule has 4 aromatic rings. The van der Waals surface area contributed by atoms with Gasteiger partial charge in [-0.3, -0.25) is 13.9 Å². The lowest BCUT2D eigenvalue weighted by Crippen LogP contribution is -2.56. The molecular formula is C35H38ClN3O5S. The van der Waals surface area contributed by atoms with Crippen LogP contribution in [0, 0.1) is 0 Å². The molecule has 1 N–H and O–H groups in total. The molecule has 8 nitrogen and oxygen atoms in total. The third kappa shape index (κ3) is 8.86. The molecule has 0 aliphatic rings. The lowest BCUT2D eigenvalue weighted by atomic mass is 10.0. The van der Waals surface area contributed by atoms with Gasteiger partial charge in [-0.05, 0) is 68.3 Å². The Morgan fingerprint density at radius 2 is 1.44 bits per heavy atom. The molecule has 0 spiro atoms. The van der Waals surface area contributed by atoms with E-state index in [0.717, 1.165) is 9.87 Å². The number of methoxy groups -OCH3 is 1. The molecule has 236 valence electrons. The molecule has 0 aliphatic carbocycles. The van der Waals surface area contributed by atoms with Gasteiger partial charge in [-0.1, -0.05) is 84.4 Å². The summed E-state index contributed by atoms with van der Waals surface area (Å²) in [5.74, 6) is -0.358. The molecule has 2 amide bonds. The zero-order valence-electron chi connectivity index (χ0n) is 25.8. The Bertz CT molecular complexity index is 1710. The maximum absolute atomic E-state index is 14.5. The van der Waals surface area contributed by atoms with Crippen LogP contribution in [0.3, 0.4) is 0 Å². The fraction of sp³-hybridized carbons (Fsp3) is 0.257. The predicted molar refractivity (Wildman–Crippen MR) is 178 cm³/mol. The van der Waals surface area contributed by atoms with Crippen LogP contribution in [-0.2, 0) is 32.6 Å². The summed E-state index contributed by atoms with van der Waals surface area (Å²) in [5, 5.41) is 3.19. The van der Waals surface area contributed by atoms with E-state index >= 15 is 0 Å². The first-order valence-corrected chi connectivity index (χ1v) is 16.3. The van der Waals surface area contributed by atoms with Crippen molar-refractivity contribution in [3.63, 3.8) is 0 Å². The number of carbonyl (C=O) groups excluding carboxylic acids is 2. The van der Waals surface area contributed by atoms with Crippen LogP contribution in [0.4, 0.5) is 5.69 Å². The van der Waals surface area contributed by atoms with Gasteiger partial charge in [0.05, 0.1) is 22.7 Å². The minimum atomic E-state index is -4.24. The fourth-order valence-electron chi connectivity index (χ4n) is 4.86. The van der Waals surface area contributed by atoms with Gasteiger partial charge in [-0.2, -0.15) is 0 Å². The molecule has 0 aromatic heterocycles. The van der Waals surface area contributed by atoms with Gasteiger partial charge in [0.15, 0.2) is 0 Å². The van der Waals surface area contributed by atoms with Gasteiger partial charge in [0.1, 0.15) is 18.3 Å². The van der Waals surface area contributed by atoms with Crippen molar-refractivity contribution in [1.82, 2.24) is 10.2 Å². The molecule has 0 saturated carbocycles. The van der Waals surface area contributed by atoms with Crippen LogP contribution in [0.2, 0.25) is 5.02 Å². The number of rotatable bonds is 12. The molecule has 0 aliphatic heterocycles. The van der Waals surface area contributed by atoms with E-state index in [0.29, 0.717) is 11.3 Å². The van der Waals surface area contributed by atoms with Gasteiger partial charge in [-0.25, -0.2) is 8.42 Å². The number of hydrogen-bond acceptors (Lipinski definition) is 5. The standard InChI is InChI=1S/C35H38ClN3O5S/c1-35(2,3)37-34(41)32(23-26-14-7-5-8-15-26)38(24-27-16-13-17-28(22-27)44-4)33(40)25-39(31-21-12-11-20-30(31)36)45(42,43)29-18-9-6-10-19-29/h5-22,32H,23-25H2,1-4H3,(H,37,41)/t32-/m0/s1. The maximum Gasteiger partial charge on any atom is 0.264 e. The molecule has 1 atom stereocenters. The Balaban J connectivity index is 1.83. The van der Waals surface area contributed by atoms with Gasteiger partial charge in [-0.15, -0.1) is 0 Å². The highest BCUT2D eigenvalue weighted by Crippen LogP contribution is 2.31. The van der Waals surface area contributed by atoms with Crippen LogP contribution < -0.4 is 14.4 Å². The second-order valence-electron chi connectivity index (χ2n) is 11.6. The lowest BCUT2D eigenvalue weighted by Gasteiger charge is -2.35. The van der Waals surface area contributed by atoms with E-state index in [2.05, 4.69) is 5.32 Å². The number of benzene rings is 4. The molecule has 0 saturated heterocycles. The van der Waals surface area contributed by atoms with E-state index in [1.54, 1.807) is 67.8 Å². The van der Waals surface area contributed by atoms with Crippen LogP contribution in [0.15, 0.2) is 114 Å². The average molecular weight is 648 g/mol. The second-order valence-corrected chi connectivity index (χ2v) is 13.9. The van der Waals surface area contributed by atoms with Crippen molar-refractivity contribution < 1.29 is 22.7 Å². The SMILES string of the molecule is COc1cccc(CN(C(=O)CN(c2ccccc2Cl)S(=O)(=O)c2ccccc2)[C@@H](Cc2ccccc2)C(=O)NC(C)(C)C)c1. The molecule has 0 radical (unpaired) electrons. The normalized spacial score (nSPS) is 12.2. The second kappa shape index (κ2) is 14.6. The number of hydrogen-bond donors (Lipinski definition) is 1. The molecule has 4 aromatic carbocycles. The van der Waals surface area contributed by atoms with Gasteiger partial charge in [0, 0.05) is 18.5 Å². The number of anilines is 1. The number of ether oxygens (including phenoxy) is 1. The van der Waals surface area contributed by atoms with Crippen molar-refractivity contribution in [2.24, 2.45) is 0 Å². The topological polar surface area (TPSA) is 96.0 Å². The zero-order valence-corrected chi connectivity index (χ0v) is 27.4. The van der Waals surface area contributed by atoms with Crippen LogP contribution in [0.1, 0.15) is 31.9 Å². The Morgan fingerprint density at radius 3 is 2.07 bits per heavy atom. The minimum absolute atomic E-state index is 0.00313. The Morgan fingerprint density at radius 1 is 0.844 bits per heavy atom. The summed E-state index contributed by atoms with van der Waals surface area (Å²) >= 11 is 6.52. The number of amides is 2. The number of para-hydroxylation sites is 1. The van der Waals surface area contributed by atoms with E-state index in [4.69, 9.17) is 16.3 Å². The number of halogens is 1. The molecule has 4 rings (SSSR count). The highest BCUT2D eigenvalue weighted by Gasteiger charge is 2.36. The van der Waals surface area contributed by atoms with Gasteiger partial charge in [0.25, 0.3) is 10.0 Å². The molecule has 45 heavy (non-hydrogen) atoms. The summed E-state index contributed by atoms with van der Waals surface area (Å²) in [7, 11) is -2.69. The van der Waals surface area contributed by atoms with E-state index in [1.807, 2.05) is 57.2 Å². The van der Waals surface area contributed by atoms with E-state index in [-0.39, 0.29) is 34.5 Å². The van der Waals surface area contributed by atoms with Crippen molar-refractivity contribution in [3.8, 4) is 5.75 Å². The average Bonchev–Trinajstić information content (AvgIpc) is 3.02. The third-order valence-electron chi connectivity index (χ3n) is 6.99. The molecular weight excluding hydrogens is 610 g/mol. The van der Waals surface area contributed by atoms with E-state index in [9.17, 15) is 18.0 Å². The number of carbonyl (C=O) groups is 2. The number of nitrogens with one attached hydrogen (secondary N) is 1. The minimum Gasteiger partial charge on any atom is -0.497 e. The first-order chi connectivity index (χ1) is 21.4. The van der Waals surface area contributed by atoms with Gasteiger partial charge in [0.2, 0.25) is 11.8 Å². The van der Waals surface area contributed by atoms with E-state index < -0.39 is 34.1 Å². The summed E-state index contributed by atoms with van der Waals surface area (Å²) in [6.45, 7) is 5.02. The van der Waals surface area contributed by atoms with Crippen LogP contribution in [-0.4, -0.2) is 50.4 Å². The van der Waals surface area contributed by atoms with Crippen molar-refractivity contribution in [3.05, 3.63) is 125 Å². The Kier molecular flexibility index (Phi) is 10.9. The van der Waals surface area contributed by atoms with Crippen LogP contribution in [0.25, 0.3) is 0 Å². The van der Waals surface area contributed by atoms with Crippen LogP contribution >= 0.6 is 11.6 Å². The van der Waals surface area contributed by atoms with Crippen LogP contribution in [0.5, 0.6) is 5.75 Å². The molecule has 0 fully saturated rings. The van der Waals surface area contributed by atoms with Gasteiger partial charge >= 0.3 is 0 Å². The molecule has 0 unspecified atom stereocenters. The summed E-state index contributed by atoms with van der Waals surface area (Å²) in [6.07, 6.45) is 0.204. The van der Waals surface area contributed by atoms with Crippen molar-refractivity contribution in [2.45, 2.75) is 50.2 Å². The van der Waals surface area contributed by atoms with Crippen molar-refractivity contribution >= 4 is 39.1 Å². The first kappa shape index (κ1) is 33.6. The quantitative estimate of drug-likeness (QED) is 0.201. The molecule has 10 heteroatoms. The highest BCUT2D eigenvalue weighted by molar-refractivity contribution is 7.92. The molecule has 0 heterocycles. The summed E-state index contributed by atoms with van der Waals surface area (Å²) < 4.78 is 34.6. The number of sulfonamides is 1. The Hall–Kier alpha value is -4.34. The van der Waals surface area contributed by atoms with Crippen molar-refractivity contribution in [1.29, 1.82) is 0 Å². The first-order valence-electron chi connectivity index (χ1n) is 14.5. The predicted octanol–water partition coefficient (Wildman–Crippen LogP) is 6.10. The largest absolute Gasteiger partial charge is 0.497 e. The van der Waals surface area contributed by atoms with Gasteiger partial charge < -0.3 is 15.0 Å². The number of nitrogens with zero attached hydrogens (tertiary/aromatic N) is 2. The zero-order chi connectivity index (χ0) is 32.6. The Labute approximate surface area is 270 Å². The summed E-state index contributed by atoms with van der Waals surface area (Å²) in [6, 6.07) is 29.9. The third-order valence-corrected chi connectivity index (χ3v) is 9.08. The molecule has 0 bridgehead atoms. The summed E-state index contributed by atoms with van der Waals surface area (Å²) in [4.78, 5) is 30.0.